The molecule has 0 spiro atoms. The molecule has 0 aromatic heterocycles. The highest BCUT2D eigenvalue weighted by Crippen LogP contribution is 2.19. The highest BCUT2D eigenvalue weighted by Gasteiger charge is 2.26. The maximum atomic E-state index is 9.56. The van der Waals surface area contributed by atoms with Gasteiger partial charge in [0, 0.05) is 45.3 Å². The van der Waals surface area contributed by atoms with Crippen molar-refractivity contribution in [3.63, 3.8) is 0 Å². The van der Waals surface area contributed by atoms with Crippen molar-refractivity contribution in [2.24, 2.45) is 10.9 Å². The smallest absolute Gasteiger partial charge is 0.189 e. The zero-order valence-electron chi connectivity index (χ0n) is 19.8. The summed E-state index contributed by atoms with van der Waals surface area (Å²) in [6, 6.07) is 25.8. The number of aliphatic imine (C=N–C) groups is 1. The highest BCUT2D eigenvalue weighted by molar-refractivity contribution is 5.89. The predicted octanol–water partition coefficient (Wildman–Crippen LogP) is 3.97. The molecule has 0 amide bonds. The topological polar surface area (TPSA) is 78.4 Å². The number of likely N-dealkylation sites (tertiary alicyclic amines) is 2. The molecule has 4 rings (SSSR count). The Labute approximate surface area is 203 Å². The summed E-state index contributed by atoms with van der Waals surface area (Å²) in [5.74, 6) is -0.252. The third kappa shape index (κ3) is 6.90. The van der Waals surface area contributed by atoms with Gasteiger partial charge >= 0.3 is 0 Å². The van der Waals surface area contributed by atoms with Crippen molar-refractivity contribution >= 4 is 5.84 Å². The molecule has 2 aromatic rings. The number of benzene rings is 2. The highest BCUT2D eigenvalue weighted by atomic mass is 15.2. The van der Waals surface area contributed by atoms with Crippen LogP contribution < -0.4 is 5.32 Å². The fraction of sp³-hybridized carbons (Fsp3) is 0.464. The minimum atomic E-state index is -0.829. The summed E-state index contributed by atoms with van der Waals surface area (Å²) >= 11 is 0. The molecule has 0 unspecified atom stereocenters. The lowest BCUT2D eigenvalue weighted by molar-refractivity contribution is 0.197. The lowest BCUT2D eigenvalue weighted by Gasteiger charge is -2.34. The molecule has 2 heterocycles. The second-order valence-corrected chi connectivity index (χ2v) is 9.38. The van der Waals surface area contributed by atoms with Gasteiger partial charge in [-0.3, -0.25) is 14.8 Å². The number of piperidine rings is 2. The largest absolute Gasteiger partial charge is 0.369 e. The van der Waals surface area contributed by atoms with Crippen LogP contribution in [0.25, 0.3) is 0 Å². The van der Waals surface area contributed by atoms with Gasteiger partial charge in [-0.15, -0.1) is 0 Å². The number of nitrogens with zero attached hydrogens (tertiary/aromatic N) is 5. The molecule has 6 heteroatoms. The molecule has 2 saturated heterocycles. The van der Waals surface area contributed by atoms with E-state index in [4.69, 9.17) is 4.99 Å². The van der Waals surface area contributed by atoms with Crippen molar-refractivity contribution in [2.75, 3.05) is 26.2 Å². The normalized spacial score (nSPS) is 19.0. The van der Waals surface area contributed by atoms with E-state index in [1.807, 2.05) is 6.07 Å². The Bertz CT molecular complexity index is 977. The Morgan fingerprint density at radius 3 is 1.74 bits per heavy atom. The van der Waals surface area contributed by atoms with E-state index in [1.54, 1.807) is 0 Å². The van der Waals surface area contributed by atoms with Gasteiger partial charge in [-0.2, -0.15) is 10.5 Å². The standard InChI is InChI=1S/C28H34N6/c29-19-25(20-30)28(31-26-11-15-33(16-12-26)21-23-7-3-1-4-8-23)32-27-13-17-34(18-14-27)22-24-9-5-2-6-10-24/h1-10,25-27H,11-18,21-22H2,(H,31,32). The molecule has 1 N–H and O–H groups in total. The first kappa shape index (κ1) is 24.0. The van der Waals surface area contributed by atoms with Gasteiger partial charge in [0.2, 0.25) is 0 Å². The van der Waals surface area contributed by atoms with E-state index >= 15 is 0 Å². The Morgan fingerprint density at radius 2 is 1.26 bits per heavy atom. The third-order valence-electron chi connectivity index (χ3n) is 6.85. The molecule has 0 saturated carbocycles. The molecule has 2 aliphatic heterocycles. The number of amidine groups is 1. The molecule has 2 aromatic carbocycles. The summed E-state index contributed by atoms with van der Waals surface area (Å²) in [7, 11) is 0. The van der Waals surface area contributed by atoms with E-state index in [1.165, 1.54) is 11.1 Å². The third-order valence-corrected chi connectivity index (χ3v) is 6.85. The molecule has 0 radical (unpaired) electrons. The molecular weight excluding hydrogens is 420 g/mol. The van der Waals surface area contributed by atoms with Crippen molar-refractivity contribution in [1.29, 1.82) is 10.5 Å². The lowest BCUT2D eigenvalue weighted by Crippen LogP contribution is -2.46. The summed E-state index contributed by atoms with van der Waals surface area (Å²) in [4.78, 5) is 9.85. The zero-order chi connectivity index (χ0) is 23.6. The van der Waals surface area contributed by atoms with Crippen molar-refractivity contribution in [3.05, 3.63) is 71.8 Å². The fourth-order valence-corrected chi connectivity index (χ4v) is 4.88. The number of nitrogens with one attached hydrogen (secondary N) is 1. The van der Waals surface area contributed by atoms with E-state index < -0.39 is 5.92 Å². The van der Waals surface area contributed by atoms with Gasteiger partial charge in [0.15, 0.2) is 5.92 Å². The minimum Gasteiger partial charge on any atom is -0.369 e. The van der Waals surface area contributed by atoms with Crippen LogP contribution in [0, 0.1) is 28.6 Å². The number of hydrogen-bond acceptors (Lipinski definition) is 5. The van der Waals surface area contributed by atoms with Gasteiger partial charge in [0.1, 0.15) is 5.84 Å². The van der Waals surface area contributed by atoms with Crippen molar-refractivity contribution in [3.8, 4) is 12.1 Å². The maximum Gasteiger partial charge on any atom is 0.189 e. The number of hydrogen-bond donors (Lipinski definition) is 1. The molecule has 0 aliphatic carbocycles. The van der Waals surface area contributed by atoms with E-state index in [-0.39, 0.29) is 12.1 Å². The summed E-state index contributed by atoms with van der Waals surface area (Å²) in [6.07, 6.45) is 3.89. The SMILES string of the molecule is N#CC(C#N)C(=NC1CCN(Cc2ccccc2)CC1)NC1CCN(Cc2ccccc2)CC1. The molecule has 176 valence electrons. The van der Waals surface area contributed by atoms with Crippen LogP contribution in [0.3, 0.4) is 0 Å². The first-order valence-electron chi connectivity index (χ1n) is 12.4. The van der Waals surface area contributed by atoms with Crippen LogP contribution in [-0.4, -0.2) is 53.9 Å². The van der Waals surface area contributed by atoms with Crippen LogP contribution in [0.15, 0.2) is 65.7 Å². The first-order valence-corrected chi connectivity index (χ1v) is 12.4. The van der Waals surface area contributed by atoms with Crippen LogP contribution in [0.5, 0.6) is 0 Å². The number of rotatable bonds is 7. The van der Waals surface area contributed by atoms with Crippen molar-refractivity contribution < 1.29 is 0 Å². The average Bonchev–Trinajstić information content (AvgIpc) is 2.88. The summed E-state index contributed by atoms with van der Waals surface area (Å²) in [6.45, 7) is 5.90. The first-order chi connectivity index (χ1) is 16.7. The Kier molecular flexibility index (Phi) is 8.68. The predicted molar refractivity (Wildman–Crippen MR) is 135 cm³/mol. The zero-order valence-corrected chi connectivity index (χ0v) is 19.8. The van der Waals surface area contributed by atoms with Crippen LogP contribution in [-0.2, 0) is 13.1 Å². The van der Waals surface area contributed by atoms with E-state index in [0.717, 1.165) is 65.0 Å². The Balaban J connectivity index is 1.30. The second kappa shape index (κ2) is 12.3. The van der Waals surface area contributed by atoms with Gasteiger partial charge < -0.3 is 5.32 Å². The second-order valence-electron chi connectivity index (χ2n) is 9.38. The van der Waals surface area contributed by atoms with Gasteiger partial charge in [-0.05, 0) is 36.8 Å². The van der Waals surface area contributed by atoms with Gasteiger partial charge in [0.05, 0.1) is 18.2 Å². The average molecular weight is 455 g/mol. The van der Waals surface area contributed by atoms with Crippen LogP contribution in [0.1, 0.15) is 36.8 Å². The van der Waals surface area contributed by atoms with Gasteiger partial charge in [-0.1, -0.05) is 60.7 Å². The molecular formula is C28H34N6. The molecule has 0 atom stereocenters. The van der Waals surface area contributed by atoms with Crippen LogP contribution in [0.2, 0.25) is 0 Å². The van der Waals surface area contributed by atoms with E-state index in [0.29, 0.717) is 5.84 Å². The monoisotopic (exact) mass is 454 g/mol. The fourth-order valence-electron chi connectivity index (χ4n) is 4.88. The van der Waals surface area contributed by atoms with E-state index in [9.17, 15) is 10.5 Å². The number of nitriles is 2. The summed E-state index contributed by atoms with van der Waals surface area (Å²) in [5, 5.41) is 22.6. The van der Waals surface area contributed by atoms with E-state index in [2.05, 4.69) is 81.9 Å². The maximum absolute atomic E-state index is 9.56. The molecule has 34 heavy (non-hydrogen) atoms. The Morgan fingerprint density at radius 1 is 0.794 bits per heavy atom. The Hall–Kier alpha value is -3.19. The van der Waals surface area contributed by atoms with Gasteiger partial charge in [-0.25, -0.2) is 0 Å². The summed E-state index contributed by atoms with van der Waals surface area (Å²) < 4.78 is 0. The van der Waals surface area contributed by atoms with Crippen LogP contribution in [0.4, 0.5) is 0 Å². The van der Waals surface area contributed by atoms with Crippen molar-refractivity contribution in [2.45, 2.75) is 50.9 Å². The van der Waals surface area contributed by atoms with Crippen molar-refractivity contribution in [1.82, 2.24) is 15.1 Å². The summed E-state index contributed by atoms with van der Waals surface area (Å²) in [5.41, 5.74) is 2.67. The minimum absolute atomic E-state index is 0.164. The van der Waals surface area contributed by atoms with Crippen LogP contribution >= 0.6 is 0 Å². The molecule has 0 bridgehead atoms. The quantitative estimate of drug-likeness (QED) is 0.506. The van der Waals surface area contributed by atoms with Gasteiger partial charge in [0.25, 0.3) is 0 Å². The lowest BCUT2D eigenvalue weighted by atomic mass is 10.0. The molecule has 2 fully saturated rings. The molecule has 2 aliphatic rings. The molecule has 6 nitrogen and oxygen atoms in total.